The summed E-state index contributed by atoms with van der Waals surface area (Å²) in [5.74, 6) is 0.176. The molecule has 0 spiro atoms. The van der Waals surface area contributed by atoms with E-state index < -0.39 is 9.84 Å². The molecule has 1 aromatic carbocycles. The van der Waals surface area contributed by atoms with E-state index in [0.717, 1.165) is 5.56 Å². The molecular weight excluding hydrogens is 200 g/mol. The number of hydrogen-bond donors (Lipinski definition) is 0. The first-order valence-corrected chi connectivity index (χ1v) is 6.19. The fourth-order valence-electron chi connectivity index (χ4n) is 1.11. The molecule has 0 aromatic heterocycles. The van der Waals surface area contributed by atoms with E-state index >= 15 is 0 Å². The van der Waals surface area contributed by atoms with Crippen molar-refractivity contribution in [3.63, 3.8) is 0 Å². The molecule has 0 aliphatic carbocycles. The van der Waals surface area contributed by atoms with Gasteiger partial charge in [0.05, 0.1) is 18.1 Å². The predicted molar refractivity (Wildman–Crippen MR) is 55.8 cm³/mol. The number of benzene rings is 1. The van der Waals surface area contributed by atoms with Crippen LogP contribution in [0.15, 0.2) is 30.3 Å². The second kappa shape index (κ2) is 5.12. The van der Waals surface area contributed by atoms with Crippen LogP contribution in [0.5, 0.6) is 0 Å². The Kier molecular flexibility index (Phi) is 4.10. The van der Waals surface area contributed by atoms with Crippen molar-refractivity contribution in [2.24, 2.45) is 0 Å². The Morgan fingerprint density at radius 3 is 2.43 bits per heavy atom. The molecule has 0 amide bonds. The second-order valence-electron chi connectivity index (χ2n) is 3.07. The van der Waals surface area contributed by atoms with E-state index in [1.54, 1.807) is 0 Å². The van der Waals surface area contributed by atoms with Gasteiger partial charge in [-0.2, -0.15) is 0 Å². The zero-order chi connectivity index (χ0) is 10.4. The largest absolute Gasteiger partial charge is 0.384 e. The SMILES string of the molecule is COCCS(=O)(=O)Cc1ccccc1. The van der Waals surface area contributed by atoms with E-state index in [-0.39, 0.29) is 18.1 Å². The van der Waals surface area contributed by atoms with Crippen LogP contribution in [0.3, 0.4) is 0 Å². The zero-order valence-electron chi connectivity index (χ0n) is 8.14. The van der Waals surface area contributed by atoms with Gasteiger partial charge in [-0.1, -0.05) is 30.3 Å². The molecule has 0 saturated carbocycles. The zero-order valence-corrected chi connectivity index (χ0v) is 8.96. The molecule has 1 rings (SSSR count). The van der Waals surface area contributed by atoms with Gasteiger partial charge in [0.15, 0.2) is 9.84 Å². The van der Waals surface area contributed by atoms with Crippen LogP contribution in [0.1, 0.15) is 5.56 Å². The van der Waals surface area contributed by atoms with Crippen molar-refractivity contribution in [1.82, 2.24) is 0 Å². The average molecular weight is 214 g/mol. The van der Waals surface area contributed by atoms with Gasteiger partial charge in [0.2, 0.25) is 0 Å². The summed E-state index contributed by atoms with van der Waals surface area (Å²) in [5.41, 5.74) is 0.823. The van der Waals surface area contributed by atoms with Gasteiger partial charge in [-0.3, -0.25) is 0 Å². The summed E-state index contributed by atoms with van der Waals surface area (Å²) in [7, 11) is -1.52. The molecule has 4 heteroatoms. The second-order valence-corrected chi connectivity index (χ2v) is 5.25. The van der Waals surface area contributed by atoms with Crippen molar-refractivity contribution in [2.75, 3.05) is 19.5 Å². The first-order chi connectivity index (χ1) is 6.64. The lowest BCUT2D eigenvalue weighted by atomic mass is 10.2. The maximum absolute atomic E-state index is 11.5. The molecule has 0 atom stereocenters. The molecule has 0 fully saturated rings. The summed E-state index contributed by atoms with van der Waals surface area (Å²) in [4.78, 5) is 0. The van der Waals surface area contributed by atoms with E-state index in [1.165, 1.54) is 7.11 Å². The minimum Gasteiger partial charge on any atom is -0.384 e. The summed E-state index contributed by atoms with van der Waals surface area (Å²) in [6.07, 6.45) is 0. The summed E-state index contributed by atoms with van der Waals surface area (Å²) in [6, 6.07) is 9.16. The third kappa shape index (κ3) is 3.89. The molecule has 0 unspecified atom stereocenters. The Hall–Kier alpha value is -0.870. The van der Waals surface area contributed by atoms with Crippen molar-refractivity contribution in [2.45, 2.75) is 5.75 Å². The molecule has 3 nitrogen and oxygen atoms in total. The minimum absolute atomic E-state index is 0.0817. The fourth-order valence-corrected chi connectivity index (χ4v) is 2.38. The highest BCUT2D eigenvalue weighted by molar-refractivity contribution is 7.90. The molecule has 0 saturated heterocycles. The minimum atomic E-state index is -3.02. The first-order valence-electron chi connectivity index (χ1n) is 4.37. The van der Waals surface area contributed by atoms with Crippen LogP contribution in [0.2, 0.25) is 0 Å². The predicted octanol–water partition coefficient (Wildman–Crippen LogP) is 1.25. The van der Waals surface area contributed by atoms with E-state index in [9.17, 15) is 8.42 Å². The van der Waals surface area contributed by atoms with Crippen LogP contribution in [0.25, 0.3) is 0 Å². The van der Waals surface area contributed by atoms with Crippen LogP contribution in [-0.2, 0) is 20.3 Å². The molecule has 1 aromatic rings. The van der Waals surface area contributed by atoms with E-state index in [2.05, 4.69) is 0 Å². The maximum atomic E-state index is 11.5. The monoisotopic (exact) mass is 214 g/mol. The van der Waals surface area contributed by atoms with Crippen molar-refractivity contribution < 1.29 is 13.2 Å². The van der Waals surface area contributed by atoms with E-state index in [0.29, 0.717) is 0 Å². The first kappa shape index (κ1) is 11.2. The molecule has 0 aliphatic heterocycles. The van der Waals surface area contributed by atoms with Crippen LogP contribution >= 0.6 is 0 Å². The van der Waals surface area contributed by atoms with Gasteiger partial charge in [-0.15, -0.1) is 0 Å². The van der Waals surface area contributed by atoms with Gasteiger partial charge in [0.1, 0.15) is 0 Å². The van der Waals surface area contributed by atoms with Crippen molar-refractivity contribution in [3.8, 4) is 0 Å². The number of rotatable bonds is 5. The quantitative estimate of drug-likeness (QED) is 0.741. The Balaban J connectivity index is 2.60. The van der Waals surface area contributed by atoms with Crippen LogP contribution in [-0.4, -0.2) is 27.9 Å². The van der Waals surface area contributed by atoms with Gasteiger partial charge in [-0.25, -0.2) is 8.42 Å². The lowest BCUT2D eigenvalue weighted by Crippen LogP contribution is -2.13. The van der Waals surface area contributed by atoms with Crippen molar-refractivity contribution >= 4 is 9.84 Å². The van der Waals surface area contributed by atoms with Gasteiger partial charge < -0.3 is 4.74 Å². The third-order valence-electron chi connectivity index (χ3n) is 1.83. The average Bonchev–Trinajstić information content (AvgIpc) is 2.16. The lowest BCUT2D eigenvalue weighted by molar-refractivity contribution is 0.217. The summed E-state index contributed by atoms with van der Waals surface area (Å²) in [6.45, 7) is 0.259. The number of hydrogen-bond acceptors (Lipinski definition) is 3. The summed E-state index contributed by atoms with van der Waals surface area (Å²) in [5, 5.41) is 0. The molecule has 0 heterocycles. The summed E-state index contributed by atoms with van der Waals surface area (Å²) < 4.78 is 27.7. The highest BCUT2D eigenvalue weighted by atomic mass is 32.2. The third-order valence-corrected chi connectivity index (χ3v) is 3.39. The van der Waals surface area contributed by atoms with E-state index in [4.69, 9.17) is 4.74 Å². The standard InChI is InChI=1S/C10H14O3S/c1-13-7-8-14(11,12)9-10-5-3-2-4-6-10/h2-6H,7-9H2,1H3. The number of ether oxygens (including phenoxy) is 1. The Morgan fingerprint density at radius 2 is 1.86 bits per heavy atom. The highest BCUT2D eigenvalue weighted by Crippen LogP contribution is 2.05. The normalized spacial score (nSPS) is 11.5. The number of methoxy groups -OCH3 is 1. The molecular formula is C10H14O3S. The molecule has 0 N–H and O–H groups in total. The van der Waals surface area contributed by atoms with Gasteiger partial charge in [0.25, 0.3) is 0 Å². The van der Waals surface area contributed by atoms with Gasteiger partial charge in [0, 0.05) is 7.11 Å². The molecule has 14 heavy (non-hydrogen) atoms. The van der Waals surface area contributed by atoms with Gasteiger partial charge in [-0.05, 0) is 5.56 Å². The van der Waals surface area contributed by atoms with Crippen LogP contribution in [0.4, 0.5) is 0 Å². The highest BCUT2D eigenvalue weighted by Gasteiger charge is 2.10. The molecule has 0 bridgehead atoms. The fraction of sp³-hybridized carbons (Fsp3) is 0.400. The lowest BCUT2D eigenvalue weighted by Gasteiger charge is -2.03. The van der Waals surface area contributed by atoms with Crippen LogP contribution in [0, 0.1) is 0 Å². The molecule has 0 aliphatic rings. The van der Waals surface area contributed by atoms with E-state index in [1.807, 2.05) is 30.3 Å². The number of sulfone groups is 1. The topological polar surface area (TPSA) is 43.4 Å². The Bertz CT molecular complexity index is 356. The maximum Gasteiger partial charge on any atom is 0.156 e. The Morgan fingerprint density at radius 1 is 1.21 bits per heavy atom. The summed E-state index contributed by atoms with van der Waals surface area (Å²) >= 11 is 0. The molecule has 78 valence electrons. The van der Waals surface area contributed by atoms with Crippen molar-refractivity contribution in [1.29, 1.82) is 0 Å². The molecule has 0 radical (unpaired) electrons. The Labute approximate surface area is 84.6 Å². The smallest absolute Gasteiger partial charge is 0.156 e. The van der Waals surface area contributed by atoms with Crippen LogP contribution < -0.4 is 0 Å². The van der Waals surface area contributed by atoms with Gasteiger partial charge >= 0.3 is 0 Å². The van der Waals surface area contributed by atoms with Crippen molar-refractivity contribution in [3.05, 3.63) is 35.9 Å².